The van der Waals surface area contributed by atoms with Crippen LogP contribution in [0.1, 0.15) is 5.82 Å². The van der Waals surface area contributed by atoms with Gasteiger partial charge in [0, 0.05) is 6.07 Å². The van der Waals surface area contributed by atoms with Gasteiger partial charge in [-0.15, -0.1) is 0 Å². The van der Waals surface area contributed by atoms with Crippen molar-refractivity contribution in [1.29, 1.82) is 0 Å². The highest BCUT2D eigenvalue weighted by atomic mass is 19.1. The van der Waals surface area contributed by atoms with E-state index in [9.17, 15) is 13.6 Å². The Balaban J connectivity index is 1.91. The number of nitrogens with one attached hydrogen (secondary N) is 3. The first-order valence-electron chi connectivity index (χ1n) is 4.99. The number of nitrogens with zero attached hydrogens (tertiary/aromatic N) is 2. The Morgan fingerprint density at radius 3 is 2.89 bits per heavy atom. The quantitative estimate of drug-likeness (QED) is 0.773. The van der Waals surface area contributed by atoms with Crippen LogP contribution in [0.15, 0.2) is 24.5 Å². The van der Waals surface area contributed by atoms with Gasteiger partial charge in [0.1, 0.15) is 23.8 Å². The molecular weight excluding hydrogens is 244 g/mol. The van der Waals surface area contributed by atoms with E-state index < -0.39 is 17.7 Å². The minimum Gasteiger partial charge on any atom is -0.331 e. The van der Waals surface area contributed by atoms with Gasteiger partial charge >= 0.3 is 6.03 Å². The van der Waals surface area contributed by atoms with E-state index in [-0.39, 0.29) is 12.2 Å². The van der Waals surface area contributed by atoms with Gasteiger partial charge < -0.3 is 10.6 Å². The van der Waals surface area contributed by atoms with Crippen LogP contribution < -0.4 is 10.6 Å². The first kappa shape index (κ1) is 12.0. The van der Waals surface area contributed by atoms with Crippen LogP contribution in [0.3, 0.4) is 0 Å². The molecular formula is C10H9F2N5O. The number of anilines is 1. The summed E-state index contributed by atoms with van der Waals surface area (Å²) in [5.74, 6) is -1.09. The molecule has 94 valence electrons. The number of benzene rings is 1. The number of aromatic amines is 1. The predicted molar refractivity (Wildman–Crippen MR) is 58.6 cm³/mol. The number of carbonyl (C=O) groups is 1. The number of rotatable bonds is 3. The van der Waals surface area contributed by atoms with Gasteiger partial charge in [-0.3, -0.25) is 5.10 Å². The van der Waals surface area contributed by atoms with E-state index in [0.29, 0.717) is 11.9 Å². The maximum Gasteiger partial charge on any atom is 0.319 e. The molecule has 2 amide bonds. The third-order valence-corrected chi connectivity index (χ3v) is 2.06. The molecule has 2 rings (SSSR count). The molecule has 8 heteroatoms. The van der Waals surface area contributed by atoms with E-state index in [1.165, 1.54) is 6.33 Å². The standard InChI is InChI=1S/C10H9F2N5O/c11-6-1-2-8(7(12)3-6)16-10(18)13-4-9-14-5-15-17-9/h1-3,5H,4H2,(H2,13,16,18)(H,14,15,17). The van der Waals surface area contributed by atoms with Crippen molar-refractivity contribution in [1.82, 2.24) is 20.5 Å². The summed E-state index contributed by atoms with van der Waals surface area (Å²) in [7, 11) is 0. The lowest BCUT2D eigenvalue weighted by Gasteiger charge is -2.07. The number of hydrogen-bond acceptors (Lipinski definition) is 3. The van der Waals surface area contributed by atoms with Crippen molar-refractivity contribution in [2.75, 3.05) is 5.32 Å². The van der Waals surface area contributed by atoms with Crippen molar-refractivity contribution in [3.8, 4) is 0 Å². The largest absolute Gasteiger partial charge is 0.331 e. The van der Waals surface area contributed by atoms with Crippen molar-refractivity contribution >= 4 is 11.7 Å². The molecule has 0 atom stereocenters. The molecule has 0 aliphatic rings. The Bertz CT molecular complexity index is 543. The number of aromatic nitrogens is 3. The van der Waals surface area contributed by atoms with Crippen LogP contribution >= 0.6 is 0 Å². The Labute approximate surface area is 100 Å². The second kappa shape index (κ2) is 5.21. The lowest BCUT2D eigenvalue weighted by Crippen LogP contribution is -2.29. The van der Waals surface area contributed by atoms with Crippen molar-refractivity contribution in [2.45, 2.75) is 6.54 Å². The molecule has 0 radical (unpaired) electrons. The Hall–Kier alpha value is -2.51. The molecule has 0 unspecified atom stereocenters. The number of carbonyl (C=O) groups excluding carboxylic acids is 1. The zero-order valence-electron chi connectivity index (χ0n) is 9.08. The van der Waals surface area contributed by atoms with Gasteiger partial charge in [-0.1, -0.05) is 0 Å². The van der Waals surface area contributed by atoms with E-state index >= 15 is 0 Å². The van der Waals surface area contributed by atoms with E-state index in [4.69, 9.17) is 0 Å². The highest BCUT2D eigenvalue weighted by Gasteiger charge is 2.07. The number of halogens is 2. The number of urea groups is 1. The smallest absolute Gasteiger partial charge is 0.319 e. The van der Waals surface area contributed by atoms with Gasteiger partial charge in [0.25, 0.3) is 0 Å². The molecule has 0 fully saturated rings. The normalized spacial score (nSPS) is 10.1. The second-order valence-corrected chi connectivity index (χ2v) is 3.36. The van der Waals surface area contributed by atoms with E-state index in [1.807, 2.05) is 0 Å². The molecule has 0 spiro atoms. The Morgan fingerprint density at radius 1 is 1.39 bits per heavy atom. The fraction of sp³-hybridized carbons (Fsp3) is 0.100. The average Bonchev–Trinajstić information content (AvgIpc) is 2.83. The minimum atomic E-state index is -0.843. The van der Waals surface area contributed by atoms with Crippen LogP contribution in [-0.2, 0) is 6.54 Å². The maximum atomic E-state index is 13.2. The van der Waals surface area contributed by atoms with Gasteiger partial charge in [-0.05, 0) is 12.1 Å². The highest BCUT2D eigenvalue weighted by Crippen LogP contribution is 2.14. The van der Waals surface area contributed by atoms with Crippen LogP contribution in [-0.4, -0.2) is 21.2 Å². The van der Waals surface area contributed by atoms with Crippen LogP contribution in [0.5, 0.6) is 0 Å². The second-order valence-electron chi connectivity index (χ2n) is 3.36. The van der Waals surface area contributed by atoms with Crippen LogP contribution in [0, 0.1) is 11.6 Å². The monoisotopic (exact) mass is 253 g/mol. The van der Waals surface area contributed by atoms with Crippen LogP contribution in [0.2, 0.25) is 0 Å². The first-order valence-corrected chi connectivity index (χ1v) is 4.99. The van der Waals surface area contributed by atoms with Gasteiger partial charge in [-0.25, -0.2) is 18.6 Å². The molecule has 0 aliphatic carbocycles. The zero-order chi connectivity index (χ0) is 13.0. The summed E-state index contributed by atoms with van der Waals surface area (Å²) in [5.41, 5.74) is -0.105. The van der Waals surface area contributed by atoms with E-state index in [0.717, 1.165) is 12.1 Å². The third kappa shape index (κ3) is 3.00. The molecule has 2 aromatic rings. The van der Waals surface area contributed by atoms with Gasteiger partial charge in [0.2, 0.25) is 0 Å². The molecule has 6 nitrogen and oxygen atoms in total. The molecule has 1 aromatic carbocycles. The maximum absolute atomic E-state index is 13.2. The van der Waals surface area contributed by atoms with Gasteiger partial charge in [-0.2, -0.15) is 5.10 Å². The fourth-order valence-electron chi connectivity index (χ4n) is 1.24. The molecule has 0 saturated heterocycles. The van der Waals surface area contributed by atoms with Crippen molar-refractivity contribution in [2.24, 2.45) is 0 Å². The minimum absolute atomic E-state index is 0.105. The number of hydrogen-bond donors (Lipinski definition) is 3. The van der Waals surface area contributed by atoms with Crippen molar-refractivity contribution < 1.29 is 13.6 Å². The average molecular weight is 253 g/mol. The SMILES string of the molecule is O=C(NCc1ncn[nH]1)Nc1ccc(F)cc1F. The van der Waals surface area contributed by atoms with Crippen molar-refractivity contribution in [3.63, 3.8) is 0 Å². The molecule has 18 heavy (non-hydrogen) atoms. The van der Waals surface area contributed by atoms with Gasteiger partial charge in [0.05, 0.1) is 12.2 Å². The first-order chi connectivity index (χ1) is 8.65. The van der Waals surface area contributed by atoms with E-state index in [2.05, 4.69) is 25.8 Å². The highest BCUT2D eigenvalue weighted by molar-refractivity contribution is 5.89. The summed E-state index contributed by atoms with van der Waals surface area (Å²) in [5, 5.41) is 10.8. The van der Waals surface area contributed by atoms with Crippen molar-refractivity contribution in [3.05, 3.63) is 42.0 Å². The number of H-pyrrole nitrogens is 1. The molecule has 0 aliphatic heterocycles. The molecule has 0 bridgehead atoms. The van der Waals surface area contributed by atoms with E-state index in [1.54, 1.807) is 0 Å². The summed E-state index contributed by atoms with van der Waals surface area (Å²) in [6.07, 6.45) is 1.30. The molecule has 1 heterocycles. The molecule has 1 aromatic heterocycles. The summed E-state index contributed by atoms with van der Waals surface area (Å²) >= 11 is 0. The molecule has 3 N–H and O–H groups in total. The summed E-state index contributed by atoms with van der Waals surface area (Å²) in [6, 6.07) is 2.25. The topological polar surface area (TPSA) is 82.7 Å². The van der Waals surface area contributed by atoms with Crippen LogP contribution in [0.25, 0.3) is 0 Å². The predicted octanol–water partition coefficient (Wildman–Crippen LogP) is 1.40. The number of amides is 2. The van der Waals surface area contributed by atoms with Crippen LogP contribution in [0.4, 0.5) is 19.3 Å². The Kier molecular flexibility index (Phi) is 3.46. The lowest BCUT2D eigenvalue weighted by atomic mass is 10.3. The summed E-state index contributed by atoms with van der Waals surface area (Å²) in [6.45, 7) is 0.120. The lowest BCUT2D eigenvalue weighted by molar-refractivity contribution is 0.251. The molecule has 0 saturated carbocycles. The fourth-order valence-corrected chi connectivity index (χ4v) is 1.24. The van der Waals surface area contributed by atoms with Gasteiger partial charge in [0.15, 0.2) is 0 Å². The zero-order valence-corrected chi connectivity index (χ0v) is 9.08. The third-order valence-electron chi connectivity index (χ3n) is 2.06. The summed E-state index contributed by atoms with van der Waals surface area (Å²) in [4.78, 5) is 15.2. The summed E-state index contributed by atoms with van der Waals surface area (Å²) < 4.78 is 25.8. The Morgan fingerprint density at radius 2 is 2.22 bits per heavy atom.